The molecule has 1 fully saturated rings. The standard InChI is InChI=1S/C18H18FN3OS/c19-15-3-1-13(2-4-15)12-22(16-5-6-16)9-7-17(23)21-18-14(11-20)8-10-24-18/h1-4,8,10,16H,5-7,9,12H2,(H,21,23). The van der Waals surface area contributed by atoms with E-state index >= 15 is 0 Å². The lowest BCUT2D eigenvalue weighted by atomic mass is 10.2. The van der Waals surface area contributed by atoms with Crippen LogP contribution in [0.1, 0.15) is 30.4 Å². The molecule has 1 amide bonds. The van der Waals surface area contributed by atoms with Crippen molar-refractivity contribution >= 4 is 22.2 Å². The second-order valence-electron chi connectivity index (χ2n) is 5.90. The summed E-state index contributed by atoms with van der Waals surface area (Å²) in [7, 11) is 0. The van der Waals surface area contributed by atoms with E-state index < -0.39 is 0 Å². The number of benzene rings is 1. The fraction of sp³-hybridized carbons (Fsp3) is 0.333. The third-order valence-corrected chi connectivity index (χ3v) is 4.86. The first-order valence-corrected chi connectivity index (χ1v) is 8.79. The maximum atomic E-state index is 13.0. The third-order valence-electron chi connectivity index (χ3n) is 4.03. The van der Waals surface area contributed by atoms with Crippen molar-refractivity contribution in [1.82, 2.24) is 4.90 Å². The highest BCUT2D eigenvalue weighted by Gasteiger charge is 2.29. The summed E-state index contributed by atoms with van der Waals surface area (Å²) in [6.07, 6.45) is 2.67. The predicted molar refractivity (Wildman–Crippen MR) is 92.1 cm³/mol. The first kappa shape index (κ1) is 16.6. The smallest absolute Gasteiger partial charge is 0.226 e. The monoisotopic (exact) mass is 343 g/mol. The van der Waals surface area contributed by atoms with Crippen molar-refractivity contribution in [2.24, 2.45) is 0 Å². The van der Waals surface area contributed by atoms with Crippen LogP contribution in [0.5, 0.6) is 0 Å². The van der Waals surface area contributed by atoms with E-state index in [0.717, 1.165) is 24.9 Å². The normalized spacial score (nSPS) is 13.7. The number of thiophene rings is 1. The summed E-state index contributed by atoms with van der Waals surface area (Å²) in [6, 6.07) is 10.8. The van der Waals surface area contributed by atoms with E-state index in [1.807, 2.05) is 0 Å². The Hall–Kier alpha value is -2.23. The van der Waals surface area contributed by atoms with Gasteiger partial charge in [0, 0.05) is 25.6 Å². The van der Waals surface area contributed by atoms with Crippen LogP contribution in [0.25, 0.3) is 0 Å². The number of halogens is 1. The molecule has 3 rings (SSSR count). The van der Waals surface area contributed by atoms with Crippen molar-refractivity contribution in [1.29, 1.82) is 5.26 Å². The van der Waals surface area contributed by atoms with Gasteiger partial charge in [-0.1, -0.05) is 12.1 Å². The van der Waals surface area contributed by atoms with E-state index in [-0.39, 0.29) is 11.7 Å². The van der Waals surface area contributed by atoms with Gasteiger partial charge in [0.2, 0.25) is 5.91 Å². The molecule has 0 aliphatic heterocycles. The Morgan fingerprint density at radius 3 is 2.75 bits per heavy atom. The highest BCUT2D eigenvalue weighted by Crippen LogP contribution is 2.28. The Kier molecular flexibility index (Phi) is 5.24. The molecule has 124 valence electrons. The summed E-state index contributed by atoms with van der Waals surface area (Å²) in [5.41, 5.74) is 1.55. The molecule has 0 unspecified atom stereocenters. The van der Waals surface area contributed by atoms with E-state index in [9.17, 15) is 9.18 Å². The van der Waals surface area contributed by atoms with Crippen molar-refractivity contribution in [2.75, 3.05) is 11.9 Å². The topological polar surface area (TPSA) is 56.1 Å². The van der Waals surface area contributed by atoms with Crippen molar-refractivity contribution < 1.29 is 9.18 Å². The zero-order chi connectivity index (χ0) is 16.9. The number of carbonyl (C=O) groups is 1. The molecule has 1 heterocycles. The lowest BCUT2D eigenvalue weighted by Crippen LogP contribution is -2.29. The molecule has 6 heteroatoms. The highest BCUT2D eigenvalue weighted by atomic mass is 32.1. The minimum Gasteiger partial charge on any atom is -0.317 e. The average Bonchev–Trinajstić information content (AvgIpc) is 3.33. The van der Waals surface area contributed by atoms with Crippen LogP contribution in [0.15, 0.2) is 35.7 Å². The minimum absolute atomic E-state index is 0.0845. The number of amides is 1. The lowest BCUT2D eigenvalue weighted by Gasteiger charge is -2.21. The maximum Gasteiger partial charge on any atom is 0.226 e. The van der Waals surface area contributed by atoms with Gasteiger partial charge in [-0.15, -0.1) is 11.3 Å². The van der Waals surface area contributed by atoms with Gasteiger partial charge in [0.15, 0.2) is 0 Å². The molecular formula is C18H18FN3OS. The number of hydrogen-bond acceptors (Lipinski definition) is 4. The molecule has 24 heavy (non-hydrogen) atoms. The van der Waals surface area contributed by atoms with E-state index in [2.05, 4.69) is 16.3 Å². The van der Waals surface area contributed by atoms with E-state index in [1.54, 1.807) is 23.6 Å². The first-order chi connectivity index (χ1) is 11.7. The highest BCUT2D eigenvalue weighted by molar-refractivity contribution is 7.14. The van der Waals surface area contributed by atoms with Gasteiger partial charge in [-0.05, 0) is 42.0 Å². The molecule has 0 radical (unpaired) electrons. The fourth-order valence-corrected chi connectivity index (χ4v) is 3.34. The van der Waals surface area contributed by atoms with E-state index in [4.69, 9.17) is 5.26 Å². The molecule has 0 spiro atoms. The van der Waals surface area contributed by atoms with Crippen LogP contribution in [0.4, 0.5) is 9.39 Å². The largest absolute Gasteiger partial charge is 0.317 e. The molecule has 1 aliphatic carbocycles. The molecule has 0 atom stereocenters. The number of anilines is 1. The second-order valence-corrected chi connectivity index (χ2v) is 6.82. The van der Waals surface area contributed by atoms with Crippen LogP contribution >= 0.6 is 11.3 Å². The maximum absolute atomic E-state index is 13.0. The zero-order valence-corrected chi connectivity index (χ0v) is 14.0. The van der Waals surface area contributed by atoms with E-state index in [0.29, 0.717) is 29.6 Å². The molecule has 1 aromatic heterocycles. The van der Waals surface area contributed by atoms with Crippen LogP contribution in [0.3, 0.4) is 0 Å². The molecule has 1 saturated carbocycles. The van der Waals surface area contributed by atoms with Crippen LogP contribution < -0.4 is 5.32 Å². The van der Waals surface area contributed by atoms with Gasteiger partial charge in [0.05, 0.1) is 5.56 Å². The van der Waals surface area contributed by atoms with Crippen molar-refractivity contribution in [3.05, 3.63) is 52.7 Å². The van der Waals surface area contributed by atoms with Crippen LogP contribution in [0, 0.1) is 17.1 Å². The van der Waals surface area contributed by atoms with Gasteiger partial charge >= 0.3 is 0 Å². The molecule has 1 aromatic carbocycles. The summed E-state index contributed by atoms with van der Waals surface area (Å²) in [5, 5.41) is 14.2. The Balaban J connectivity index is 1.53. The van der Waals surface area contributed by atoms with Crippen molar-refractivity contribution in [3.63, 3.8) is 0 Å². The summed E-state index contributed by atoms with van der Waals surface area (Å²) < 4.78 is 13.0. The first-order valence-electron chi connectivity index (χ1n) is 7.91. The van der Waals surface area contributed by atoms with E-state index in [1.165, 1.54) is 23.5 Å². The molecule has 0 saturated heterocycles. The van der Waals surface area contributed by atoms with Gasteiger partial charge in [-0.3, -0.25) is 9.69 Å². The second kappa shape index (κ2) is 7.56. The average molecular weight is 343 g/mol. The number of nitrogens with zero attached hydrogens (tertiary/aromatic N) is 2. The van der Waals surface area contributed by atoms with Crippen LogP contribution in [-0.4, -0.2) is 23.4 Å². The molecule has 1 N–H and O–H groups in total. The number of carbonyl (C=O) groups excluding carboxylic acids is 1. The van der Waals surface area contributed by atoms with Gasteiger partial charge in [-0.25, -0.2) is 4.39 Å². The minimum atomic E-state index is -0.236. The summed E-state index contributed by atoms with van der Waals surface area (Å²) in [5.74, 6) is -0.320. The van der Waals surface area contributed by atoms with Crippen molar-refractivity contribution in [2.45, 2.75) is 31.8 Å². The molecule has 1 aliphatic rings. The molecular weight excluding hydrogens is 325 g/mol. The zero-order valence-electron chi connectivity index (χ0n) is 13.2. The number of rotatable bonds is 7. The fourth-order valence-electron chi connectivity index (χ4n) is 2.58. The number of nitrogens with one attached hydrogen (secondary N) is 1. The molecule has 4 nitrogen and oxygen atoms in total. The molecule has 0 bridgehead atoms. The SMILES string of the molecule is N#Cc1ccsc1NC(=O)CCN(Cc1ccc(F)cc1)C1CC1. The Labute approximate surface area is 144 Å². The number of nitriles is 1. The van der Waals surface area contributed by atoms with Crippen LogP contribution in [-0.2, 0) is 11.3 Å². The Bertz CT molecular complexity index is 746. The Morgan fingerprint density at radius 2 is 2.08 bits per heavy atom. The van der Waals surface area contributed by atoms with Gasteiger partial charge in [-0.2, -0.15) is 5.26 Å². The predicted octanol–water partition coefficient (Wildman–Crippen LogP) is 3.75. The number of hydrogen-bond donors (Lipinski definition) is 1. The summed E-state index contributed by atoms with van der Waals surface area (Å²) in [6.45, 7) is 1.38. The van der Waals surface area contributed by atoms with Gasteiger partial charge in [0.25, 0.3) is 0 Å². The lowest BCUT2D eigenvalue weighted by molar-refractivity contribution is -0.116. The summed E-state index contributed by atoms with van der Waals surface area (Å²) in [4.78, 5) is 14.4. The quantitative estimate of drug-likeness (QED) is 0.833. The summed E-state index contributed by atoms with van der Waals surface area (Å²) >= 11 is 1.36. The third kappa shape index (κ3) is 4.40. The van der Waals surface area contributed by atoms with Gasteiger partial charge in [0.1, 0.15) is 16.9 Å². The Morgan fingerprint density at radius 1 is 1.33 bits per heavy atom. The van der Waals surface area contributed by atoms with Gasteiger partial charge < -0.3 is 5.32 Å². The van der Waals surface area contributed by atoms with Crippen molar-refractivity contribution in [3.8, 4) is 6.07 Å². The molecule has 2 aromatic rings. The van der Waals surface area contributed by atoms with Crippen LogP contribution in [0.2, 0.25) is 0 Å².